The number of benzene rings is 1. The van der Waals surface area contributed by atoms with Crippen molar-refractivity contribution in [2.24, 2.45) is 0 Å². The van der Waals surface area contributed by atoms with Gasteiger partial charge in [0.2, 0.25) is 5.28 Å². The van der Waals surface area contributed by atoms with Crippen LogP contribution in [-0.2, 0) is 13.1 Å². The number of anilines is 1. The number of aliphatic hydroxyl groups is 1. The maximum Gasteiger partial charge on any atom is 0.226 e. The molecule has 0 aliphatic rings. The number of hydrogen-bond acceptors (Lipinski definition) is 5. The quantitative estimate of drug-likeness (QED) is 0.417. The number of aryl methyl sites for hydroxylation is 1. The first kappa shape index (κ1) is 19.2. The van der Waals surface area contributed by atoms with Crippen molar-refractivity contribution in [1.29, 1.82) is 0 Å². The number of nitrogens with one attached hydrogen (secondary N) is 1. The molecule has 0 radical (unpaired) electrons. The van der Waals surface area contributed by atoms with Gasteiger partial charge >= 0.3 is 0 Å². The molecule has 3 rings (SSSR count). The number of unbranched alkanes of at least 4 members (excludes halogenated alkanes) is 2. The second-order valence-electron chi connectivity index (χ2n) is 5.84. The van der Waals surface area contributed by atoms with E-state index in [0.29, 0.717) is 33.6 Å². The lowest BCUT2D eigenvalue weighted by Gasteiger charge is -2.08. The molecule has 0 unspecified atom stereocenters. The van der Waals surface area contributed by atoms with Gasteiger partial charge in [-0.15, -0.1) is 0 Å². The van der Waals surface area contributed by atoms with E-state index in [9.17, 15) is 0 Å². The third-order valence-corrected chi connectivity index (χ3v) is 4.85. The number of hydrogen-bond donors (Lipinski definition) is 2. The van der Waals surface area contributed by atoms with Crippen LogP contribution in [0.15, 0.2) is 24.5 Å². The van der Waals surface area contributed by atoms with E-state index in [0.717, 1.165) is 31.4 Å². The molecular weight excluding hydrogens is 397 g/mol. The molecule has 9 heteroatoms. The van der Waals surface area contributed by atoms with E-state index in [1.165, 1.54) is 0 Å². The molecule has 0 atom stereocenters. The van der Waals surface area contributed by atoms with E-state index in [2.05, 4.69) is 20.3 Å². The van der Waals surface area contributed by atoms with Crippen LogP contribution in [0.3, 0.4) is 0 Å². The minimum absolute atomic E-state index is 0.159. The van der Waals surface area contributed by atoms with Gasteiger partial charge in [0.05, 0.1) is 16.4 Å². The van der Waals surface area contributed by atoms with E-state index in [4.69, 9.17) is 39.9 Å². The molecular formula is C17H18Cl3N5O. The molecule has 0 amide bonds. The number of imidazole rings is 1. The van der Waals surface area contributed by atoms with Crippen molar-refractivity contribution in [1.82, 2.24) is 19.5 Å². The average molecular weight is 415 g/mol. The van der Waals surface area contributed by atoms with Crippen molar-refractivity contribution >= 4 is 51.8 Å². The maximum atomic E-state index is 8.87. The lowest BCUT2D eigenvalue weighted by atomic mass is 10.2. The lowest BCUT2D eigenvalue weighted by Crippen LogP contribution is -2.04. The summed E-state index contributed by atoms with van der Waals surface area (Å²) in [5, 5.41) is 13.3. The molecule has 0 bridgehead atoms. The van der Waals surface area contributed by atoms with Crippen molar-refractivity contribution < 1.29 is 5.11 Å². The van der Waals surface area contributed by atoms with Gasteiger partial charge in [-0.3, -0.25) is 0 Å². The Hall–Kier alpha value is -1.60. The summed E-state index contributed by atoms with van der Waals surface area (Å²) in [6.07, 6.45) is 4.40. The summed E-state index contributed by atoms with van der Waals surface area (Å²) in [6.45, 7) is 1.47. The summed E-state index contributed by atoms with van der Waals surface area (Å²) in [5.41, 5.74) is 2.31. The van der Waals surface area contributed by atoms with Gasteiger partial charge in [0, 0.05) is 19.7 Å². The number of fused-ring (bicyclic) bond motifs is 1. The van der Waals surface area contributed by atoms with Gasteiger partial charge in [-0.2, -0.15) is 9.97 Å². The van der Waals surface area contributed by atoms with Crippen LogP contribution in [0.1, 0.15) is 24.8 Å². The molecule has 3 aromatic rings. The van der Waals surface area contributed by atoms with Crippen molar-refractivity contribution in [3.8, 4) is 0 Å². The minimum atomic E-state index is 0.159. The summed E-state index contributed by atoms with van der Waals surface area (Å²) in [5.74, 6) is 0.570. The van der Waals surface area contributed by atoms with Gasteiger partial charge in [-0.1, -0.05) is 29.3 Å². The van der Waals surface area contributed by atoms with Crippen LogP contribution in [0.2, 0.25) is 15.3 Å². The van der Waals surface area contributed by atoms with Crippen LogP contribution in [0.5, 0.6) is 0 Å². The average Bonchev–Trinajstić information content (AvgIpc) is 3.02. The Bertz CT molecular complexity index is 899. The highest BCUT2D eigenvalue weighted by molar-refractivity contribution is 6.42. The number of nitrogens with zero attached hydrogens (tertiary/aromatic N) is 4. The topological polar surface area (TPSA) is 75.9 Å². The monoisotopic (exact) mass is 413 g/mol. The maximum absolute atomic E-state index is 8.87. The predicted molar refractivity (Wildman–Crippen MR) is 105 cm³/mol. The third kappa shape index (κ3) is 4.57. The fraction of sp³-hybridized carbons (Fsp3) is 0.353. The third-order valence-electron chi connectivity index (χ3n) is 3.94. The zero-order valence-corrected chi connectivity index (χ0v) is 16.2. The summed E-state index contributed by atoms with van der Waals surface area (Å²) >= 11 is 18.1. The highest BCUT2D eigenvalue weighted by atomic mass is 35.5. The van der Waals surface area contributed by atoms with Crippen LogP contribution in [0, 0.1) is 0 Å². The fourth-order valence-electron chi connectivity index (χ4n) is 2.61. The Morgan fingerprint density at radius 1 is 1.04 bits per heavy atom. The summed E-state index contributed by atoms with van der Waals surface area (Å²) in [6, 6.07) is 5.45. The molecule has 0 aliphatic carbocycles. The highest BCUT2D eigenvalue weighted by Gasteiger charge is 2.12. The lowest BCUT2D eigenvalue weighted by molar-refractivity contribution is 0.282. The molecule has 2 aromatic heterocycles. The SMILES string of the molecule is OCCCCCn1cnc2c(NCc3ccc(Cl)c(Cl)c3)nc(Cl)nc21. The molecule has 2 heterocycles. The number of halogens is 3. The molecule has 26 heavy (non-hydrogen) atoms. The summed E-state index contributed by atoms with van der Waals surface area (Å²) < 4.78 is 1.95. The Kier molecular flexibility index (Phi) is 6.53. The molecule has 0 saturated heterocycles. The highest BCUT2D eigenvalue weighted by Crippen LogP contribution is 2.25. The molecule has 0 saturated carbocycles. The molecule has 1 aromatic carbocycles. The normalized spacial score (nSPS) is 11.2. The summed E-state index contributed by atoms with van der Waals surface area (Å²) in [7, 11) is 0. The van der Waals surface area contributed by atoms with E-state index >= 15 is 0 Å². The van der Waals surface area contributed by atoms with E-state index in [-0.39, 0.29) is 11.9 Å². The number of aromatic nitrogens is 4. The van der Waals surface area contributed by atoms with E-state index in [1.807, 2.05) is 10.6 Å². The predicted octanol–water partition coefficient (Wildman–Crippen LogP) is 4.56. The van der Waals surface area contributed by atoms with Crippen LogP contribution in [0.25, 0.3) is 11.2 Å². The second-order valence-corrected chi connectivity index (χ2v) is 6.99. The standard InChI is InChI=1S/C17H18Cl3N5O/c18-12-5-4-11(8-13(12)19)9-21-15-14-16(24-17(20)23-15)25(10-22-14)6-2-1-3-7-26/h4-5,8,10,26H,1-3,6-7,9H2,(H,21,23,24). The number of aliphatic hydroxyl groups excluding tert-OH is 1. The van der Waals surface area contributed by atoms with Crippen LogP contribution in [0.4, 0.5) is 5.82 Å². The van der Waals surface area contributed by atoms with Crippen LogP contribution < -0.4 is 5.32 Å². The second kappa shape index (κ2) is 8.86. The number of rotatable bonds is 8. The Labute approximate surface area is 166 Å². The summed E-state index contributed by atoms with van der Waals surface area (Å²) in [4.78, 5) is 13.0. The van der Waals surface area contributed by atoms with Gasteiger partial charge in [0.15, 0.2) is 17.0 Å². The van der Waals surface area contributed by atoms with Gasteiger partial charge < -0.3 is 15.0 Å². The van der Waals surface area contributed by atoms with Crippen molar-refractivity contribution in [3.05, 3.63) is 45.4 Å². The minimum Gasteiger partial charge on any atom is -0.396 e. The largest absolute Gasteiger partial charge is 0.396 e. The smallest absolute Gasteiger partial charge is 0.226 e. The van der Waals surface area contributed by atoms with E-state index < -0.39 is 0 Å². The molecule has 0 spiro atoms. The zero-order chi connectivity index (χ0) is 18.5. The first-order valence-electron chi connectivity index (χ1n) is 8.25. The Morgan fingerprint density at radius 3 is 2.65 bits per heavy atom. The van der Waals surface area contributed by atoms with Crippen molar-refractivity contribution in [2.45, 2.75) is 32.4 Å². The van der Waals surface area contributed by atoms with Crippen LogP contribution in [-0.4, -0.2) is 31.2 Å². The molecule has 2 N–H and O–H groups in total. The van der Waals surface area contributed by atoms with Gasteiger partial charge in [-0.05, 0) is 48.6 Å². The van der Waals surface area contributed by atoms with Gasteiger partial charge in [-0.25, -0.2) is 4.98 Å². The van der Waals surface area contributed by atoms with E-state index in [1.54, 1.807) is 18.5 Å². The molecule has 138 valence electrons. The Morgan fingerprint density at radius 2 is 1.88 bits per heavy atom. The molecule has 6 nitrogen and oxygen atoms in total. The van der Waals surface area contributed by atoms with Crippen molar-refractivity contribution in [3.63, 3.8) is 0 Å². The van der Waals surface area contributed by atoms with Gasteiger partial charge in [0.25, 0.3) is 0 Å². The zero-order valence-electron chi connectivity index (χ0n) is 13.9. The first-order valence-corrected chi connectivity index (χ1v) is 9.39. The van der Waals surface area contributed by atoms with Crippen molar-refractivity contribution in [2.75, 3.05) is 11.9 Å². The Balaban J connectivity index is 1.77. The molecule has 0 fully saturated rings. The first-order chi connectivity index (χ1) is 12.6. The van der Waals surface area contributed by atoms with Crippen LogP contribution >= 0.6 is 34.8 Å². The molecule has 0 aliphatic heterocycles. The van der Waals surface area contributed by atoms with Gasteiger partial charge in [0.1, 0.15) is 0 Å². The fourth-order valence-corrected chi connectivity index (χ4v) is 3.10.